The Balaban J connectivity index is 4.14. The van der Waals surface area contributed by atoms with Crippen molar-refractivity contribution < 1.29 is 8.42 Å². The van der Waals surface area contributed by atoms with Gasteiger partial charge in [0.15, 0.2) is 0 Å². The van der Waals surface area contributed by atoms with Gasteiger partial charge in [-0.25, -0.2) is 8.42 Å². The molecule has 18 heavy (non-hydrogen) atoms. The van der Waals surface area contributed by atoms with Gasteiger partial charge in [-0.2, -0.15) is 0 Å². The summed E-state index contributed by atoms with van der Waals surface area (Å²) in [6.07, 6.45) is 1.77. The molecule has 0 heterocycles. The van der Waals surface area contributed by atoms with E-state index in [1.165, 1.54) is 0 Å². The third-order valence-electron chi connectivity index (χ3n) is 3.31. The minimum Gasteiger partial charge on any atom is -0.312 e. The highest BCUT2D eigenvalue weighted by molar-refractivity contribution is 7.91. The lowest BCUT2D eigenvalue weighted by atomic mass is 9.90. The van der Waals surface area contributed by atoms with Crippen molar-refractivity contribution in [2.75, 3.05) is 18.1 Å². The lowest BCUT2D eigenvalue weighted by Crippen LogP contribution is -2.40. The van der Waals surface area contributed by atoms with Crippen molar-refractivity contribution >= 4 is 9.84 Å². The lowest BCUT2D eigenvalue weighted by Gasteiger charge is -2.27. The topological polar surface area (TPSA) is 46.2 Å². The summed E-state index contributed by atoms with van der Waals surface area (Å²) in [4.78, 5) is 0. The zero-order valence-corrected chi connectivity index (χ0v) is 13.7. The average molecular weight is 277 g/mol. The Morgan fingerprint density at radius 2 is 1.72 bits per heavy atom. The third kappa shape index (κ3) is 8.92. The van der Waals surface area contributed by atoms with Crippen LogP contribution in [0.5, 0.6) is 0 Å². The third-order valence-corrected chi connectivity index (χ3v) is 5.10. The average Bonchev–Trinajstić information content (AvgIpc) is 2.21. The lowest BCUT2D eigenvalue weighted by molar-refractivity contribution is 0.297. The van der Waals surface area contributed by atoms with E-state index in [9.17, 15) is 8.42 Å². The van der Waals surface area contributed by atoms with Crippen molar-refractivity contribution in [1.29, 1.82) is 0 Å². The summed E-state index contributed by atoms with van der Waals surface area (Å²) in [5.41, 5.74) is 0.128. The predicted molar refractivity (Wildman–Crippen MR) is 79.6 cm³/mol. The van der Waals surface area contributed by atoms with Crippen LogP contribution in [0.2, 0.25) is 0 Å². The molecule has 0 aromatic carbocycles. The number of rotatable bonds is 8. The molecule has 0 aliphatic heterocycles. The van der Waals surface area contributed by atoms with Gasteiger partial charge in [-0.3, -0.25) is 0 Å². The minimum absolute atomic E-state index is 0.128. The number of hydrogen-bond acceptors (Lipinski definition) is 3. The molecule has 3 nitrogen and oxygen atoms in total. The van der Waals surface area contributed by atoms with Crippen molar-refractivity contribution in [3.63, 3.8) is 0 Å². The molecule has 0 aromatic rings. The van der Waals surface area contributed by atoms with E-state index < -0.39 is 9.84 Å². The van der Waals surface area contributed by atoms with E-state index in [-0.39, 0.29) is 11.3 Å². The quantitative estimate of drug-likeness (QED) is 0.742. The van der Waals surface area contributed by atoms with E-state index in [4.69, 9.17) is 0 Å². The predicted octanol–water partition coefficient (Wildman–Crippen LogP) is 2.86. The Morgan fingerprint density at radius 3 is 2.11 bits per heavy atom. The molecule has 0 bridgehead atoms. The molecule has 0 fully saturated rings. The van der Waals surface area contributed by atoms with Crippen LogP contribution in [0.1, 0.15) is 54.4 Å². The fraction of sp³-hybridized carbons (Fsp3) is 1.00. The summed E-state index contributed by atoms with van der Waals surface area (Å²) in [5, 5.41) is 3.52. The van der Waals surface area contributed by atoms with E-state index in [0.29, 0.717) is 17.6 Å². The highest BCUT2D eigenvalue weighted by Gasteiger charge is 2.18. The fourth-order valence-electron chi connectivity index (χ4n) is 1.82. The Hall–Kier alpha value is -0.0900. The molecule has 0 aliphatic carbocycles. The first-order valence-corrected chi connectivity index (χ1v) is 8.85. The van der Waals surface area contributed by atoms with E-state index in [2.05, 4.69) is 39.9 Å². The number of hydrogen-bond donors (Lipinski definition) is 1. The van der Waals surface area contributed by atoms with Crippen LogP contribution >= 0.6 is 0 Å². The van der Waals surface area contributed by atoms with Crippen molar-refractivity contribution in [2.24, 2.45) is 11.8 Å². The molecule has 0 radical (unpaired) electrons. The van der Waals surface area contributed by atoms with Gasteiger partial charge in [0, 0.05) is 11.3 Å². The summed E-state index contributed by atoms with van der Waals surface area (Å²) in [6.45, 7) is 13.6. The van der Waals surface area contributed by atoms with Gasteiger partial charge in [0.1, 0.15) is 9.84 Å². The number of nitrogens with one attached hydrogen (secondary N) is 1. The van der Waals surface area contributed by atoms with Gasteiger partial charge in [-0.1, -0.05) is 20.8 Å². The van der Waals surface area contributed by atoms with Gasteiger partial charge in [0.2, 0.25) is 0 Å². The zero-order chi connectivity index (χ0) is 14.4. The van der Waals surface area contributed by atoms with Crippen LogP contribution in [-0.2, 0) is 9.84 Å². The molecular formula is C14H31NO2S. The van der Waals surface area contributed by atoms with Gasteiger partial charge in [0.25, 0.3) is 0 Å². The van der Waals surface area contributed by atoms with Crippen LogP contribution in [0.25, 0.3) is 0 Å². The minimum atomic E-state index is -2.80. The Bertz CT molecular complexity index is 315. The van der Waals surface area contributed by atoms with Crippen LogP contribution in [0.3, 0.4) is 0 Å². The van der Waals surface area contributed by atoms with Gasteiger partial charge in [-0.05, 0) is 52.0 Å². The molecule has 110 valence electrons. The summed E-state index contributed by atoms with van der Waals surface area (Å²) in [6, 6.07) is 0. The number of sulfone groups is 1. The first-order chi connectivity index (χ1) is 8.07. The summed E-state index contributed by atoms with van der Waals surface area (Å²) in [7, 11) is -2.80. The van der Waals surface area contributed by atoms with E-state index in [1.54, 1.807) is 6.92 Å². The molecule has 4 heteroatoms. The molecule has 1 unspecified atom stereocenters. The molecule has 0 amide bonds. The molecule has 0 saturated carbocycles. The second-order valence-corrected chi connectivity index (χ2v) is 8.99. The molecule has 0 saturated heterocycles. The van der Waals surface area contributed by atoms with E-state index in [0.717, 1.165) is 19.4 Å². The Morgan fingerprint density at radius 1 is 1.17 bits per heavy atom. The molecule has 0 aliphatic rings. The molecule has 1 N–H and O–H groups in total. The highest BCUT2D eigenvalue weighted by Crippen LogP contribution is 2.18. The summed E-state index contributed by atoms with van der Waals surface area (Å²) >= 11 is 0. The maximum absolute atomic E-state index is 11.5. The maximum Gasteiger partial charge on any atom is 0.150 e. The molecule has 1 atom stereocenters. The van der Waals surface area contributed by atoms with Crippen molar-refractivity contribution in [3.8, 4) is 0 Å². The van der Waals surface area contributed by atoms with Gasteiger partial charge >= 0.3 is 0 Å². The van der Waals surface area contributed by atoms with Crippen LogP contribution < -0.4 is 5.32 Å². The van der Waals surface area contributed by atoms with Crippen molar-refractivity contribution in [2.45, 2.75) is 59.9 Å². The van der Waals surface area contributed by atoms with Gasteiger partial charge in [0.05, 0.1) is 5.75 Å². The largest absolute Gasteiger partial charge is 0.312 e. The van der Waals surface area contributed by atoms with Crippen LogP contribution in [0.4, 0.5) is 0 Å². The van der Waals surface area contributed by atoms with E-state index in [1.807, 2.05) is 0 Å². The molecule has 0 rings (SSSR count). The van der Waals surface area contributed by atoms with Crippen LogP contribution in [-0.4, -0.2) is 32.0 Å². The second-order valence-electron chi connectivity index (χ2n) is 6.51. The molecule has 0 spiro atoms. The monoisotopic (exact) mass is 277 g/mol. The smallest absolute Gasteiger partial charge is 0.150 e. The van der Waals surface area contributed by atoms with Crippen LogP contribution in [0.15, 0.2) is 0 Å². The molecule has 0 aromatic heterocycles. The Kier molecular flexibility index (Phi) is 7.45. The van der Waals surface area contributed by atoms with Gasteiger partial charge < -0.3 is 5.32 Å². The van der Waals surface area contributed by atoms with Gasteiger partial charge in [-0.15, -0.1) is 0 Å². The SMILES string of the molecule is CCS(=O)(=O)CCCC(CNC(C)(C)C)C(C)C. The van der Waals surface area contributed by atoms with Crippen LogP contribution in [0, 0.1) is 11.8 Å². The fourth-order valence-corrected chi connectivity index (χ4v) is 2.71. The first kappa shape index (κ1) is 17.9. The van der Waals surface area contributed by atoms with E-state index >= 15 is 0 Å². The summed E-state index contributed by atoms with van der Waals surface area (Å²) < 4.78 is 22.9. The normalized spacial score (nSPS) is 15.1. The zero-order valence-electron chi connectivity index (χ0n) is 12.9. The standard InChI is InChI=1S/C14H31NO2S/c1-7-18(16,17)10-8-9-13(12(2)3)11-15-14(4,5)6/h12-13,15H,7-11H2,1-6H3. The summed E-state index contributed by atoms with van der Waals surface area (Å²) in [5.74, 6) is 1.74. The van der Waals surface area contributed by atoms with Crippen molar-refractivity contribution in [1.82, 2.24) is 5.32 Å². The van der Waals surface area contributed by atoms with Crippen molar-refractivity contribution in [3.05, 3.63) is 0 Å². The second kappa shape index (κ2) is 7.49. The Labute approximate surface area is 114 Å². The first-order valence-electron chi connectivity index (χ1n) is 7.03. The molecular weight excluding hydrogens is 246 g/mol. The maximum atomic E-state index is 11.5. The highest BCUT2D eigenvalue weighted by atomic mass is 32.2.